The van der Waals surface area contributed by atoms with Gasteiger partial charge in [0.2, 0.25) is 11.8 Å². The number of amides is 1. The normalized spacial score (nSPS) is 10.6. The highest BCUT2D eigenvalue weighted by Gasteiger charge is 2.14. The minimum Gasteiger partial charge on any atom is -0.411 e. The van der Waals surface area contributed by atoms with Crippen LogP contribution in [0.4, 0.5) is 11.4 Å². The van der Waals surface area contributed by atoms with Crippen LogP contribution in [0, 0.1) is 17.0 Å². The predicted molar refractivity (Wildman–Crippen MR) is 102 cm³/mol. The van der Waals surface area contributed by atoms with Crippen molar-refractivity contribution in [3.63, 3.8) is 0 Å². The van der Waals surface area contributed by atoms with E-state index in [2.05, 4.69) is 15.5 Å². The molecule has 0 saturated heterocycles. The molecule has 1 aromatic heterocycles. The summed E-state index contributed by atoms with van der Waals surface area (Å²) in [4.78, 5) is 22.4. The summed E-state index contributed by atoms with van der Waals surface area (Å²) in [6.07, 6.45) is 0. The van der Waals surface area contributed by atoms with Crippen LogP contribution in [-0.4, -0.2) is 26.8 Å². The van der Waals surface area contributed by atoms with Crippen molar-refractivity contribution in [2.75, 3.05) is 11.1 Å². The number of nitrogens with zero attached hydrogens (tertiary/aromatic N) is 3. The van der Waals surface area contributed by atoms with Gasteiger partial charge in [-0.05, 0) is 30.7 Å². The monoisotopic (exact) mass is 404 g/mol. The number of hydrogen-bond acceptors (Lipinski definition) is 7. The van der Waals surface area contributed by atoms with Crippen molar-refractivity contribution in [3.05, 3.63) is 63.2 Å². The summed E-state index contributed by atoms with van der Waals surface area (Å²) in [7, 11) is 0. The highest BCUT2D eigenvalue weighted by molar-refractivity contribution is 7.99. The van der Waals surface area contributed by atoms with Crippen LogP contribution in [0.15, 0.2) is 52.1 Å². The standard InChI is InChI=1S/C17H13ClN4O4S/c1-10-5-6-14(13(18)7-10)19-15(23)9-27-17-21-20-16(26-17)11-3-2-4-12(8-11)22(24)25/h2-8H,9H2,1H3,(H,19,23). The molecule has 10 heteroatoms. The van der Waals surface area contributed by atoms with Gasteiger partial charge in [0.25, 0.3) is 10.9 Å². The van der Waals surface area contributed by atoms with Gasteiger partial charge >= 0.3 is 0 Å². The summed E-state index contributed by atoms with van der Waals surface area (Å²) in [6, 6.07) is 11.2. The lowest BCUT2D eigenvalue weighted by Gasteiger charge is -2.06. The summed E-state index contributed by atoms with van der Waals surface area (Å²) >= 11 is 7.14. The fourth-order valence-electron chi connectivity index (χ4n) is 2.17. The average Bonchev–Trinajstić information content (AvgIpc) is 3.11. The molecule has 0 aliphatic heterocycles. The number of nitro groups is 1. The Labute approximate surface area is 163 Å². The van der Waals surface area contributed by atoms with Crippen molar-refractivity contribution in [2.45, 2.75) is 12.1 Å². The maximum absolute atomic E-state index is 12.1. The third-order valence-electron chi connectivity index (χ3n) is 3.44. The third kappa shape index (κ3) is 4.83. The predicted octanol–water partition coefficient (Wildman–Crippen LogP) is 4.34. The molecule has 1 amide bonds. The van der Waals surface area contributed by atoms with Gasteiger partial charge in [-0.1, -0.05) is 35.5 Å². The molecule has 8 nitrogen and oxygen atoms in total. The molecule has 0 atom stereocenters. The minimum absolute atomic E-state index is 0.0424. The number of nitrogens with one attached hydrogen (secondary N) is 1. The first kappa shape index (κ1) is 18.9. The van der Waals surface area contributed by atoms with E-state index >= 15 is 0 Å². The van der Waals surface area contributed by atoms with Crippen LogP contribution in [0.25, 0.3) is 11.5 Å². The van der Waals surface area contributed by atoms with E-state index in [1.807, 2.05) is 13.0 Å². The number of aryl methyl sites for hydroxylation is 1. The number of non-ortho nitro benzene ring substituents is 1. The van der Waals surface area contributed by atoms with E-state index in [0.29, 0.717) is 16.3 Å². The zero-order valence-electron chi connectivity index (χ0n) is 14.0. The number of thioether (sulfide) groups is 1. The molecule has 0 bridgehead atoms. The van der Waals surface area contributed by atoms with Gasteiger partial charge in [0.15, 0.2) is 0 Å². The molecular weight excluding hydrogens is 392 g/mol. The van der Waals surface area contributed by atoms with Crippen LogP contribution in [0.2, 0.25) is 5.02 Å². The van der Waals surface area contributed by atoms with Gasteiger partial charge in [-0.2, -0.15) is 0 Å². The molecule has 0 spiro atoms. The second kappa shape index (κ2) is 8.19. The Morgan fingerprint density at radius 2 is 2.11 bits per heavy atom. The molecular formula is C17H13ClN4O4S. The van der Waals surface area contributed by atoms with Crippen molar-refractivity contribution in [1.82, 2.24) is 10.2 Å². The molecule has 1 heterocycles. The van der Waals surface area contributed by atoms with Crippen molar-refractivity contribution in [3.8, 4) is 11.5 Å². The van der Waals surface area contributed by atoms with E-state index in [-0.39, 0.29) is 28.5 Å². The maximum Gasteiger partial charge on any atom is 0.277 e. The van der Waals surface area contributed by atoms with E-state index < -0.39 is 4.92 Å². The summed E-state index contributed by atoms with van der Waals surface area (Å²) in [5.41, 5.74) is 1.87. The van der Waals surface area contributed by atoms with Crippen LogP contribution >= 0.6 is 23.4 Å². The summed E-state index contributed by atoms with van der Waals surface area (Å²) in [5, 5.41) is 21.9. The molecule has 3 rings (SSSR count). The zero-order valence-corrected chi connectivity index (χ0v) is 15.6. The van der Waals surface area contributed by atoms with Crippen LogP contribution in [0.1, 0.15) is 5.56 Å². The molecule has 1 N–H and O–H groups in total. The number of nitro benzene ring substituents is 1. The average molecular weight is 405 g/mol. The number of halogens is 1. The Kier molecular flexibility index (Phi) is 5.72. The quantitative estimate of drug-likeness (QED) is 0.369. The van der Waals surface area contributed by atoms with E-state index in [4.69, 9.17) is 16.0 Å². The Morgan fingerprint density at radius 3 is 2.85 bits per heavy atom. The lowest BCUT2D eigenvalue weighted by molar-refractivity contribution is -0.384. The molecule has 2 aromatic carbocycles. The van der Waals surface area contributed by atoms with Gasteiger partial charge in [-0.15, -0.1) is 10.2 Å². The summed E-state index contributed by atoms with van der Waals surface area (Å²) < 4.78 is 5.46. The van der Waals surface area contributed by atoms with Gasteiger partial charge in [0.1, 0.15) is 0 Å². The second-order valence-corrected chi connectivity index (χ2v) is 6.83. The molecule has 0 radical (unpaired) electrons. The smallest absolute Gasteiger partial charge is 0.277 e. The SMILES string of the molecule is Cc1ccc(NC(=O)CSc2nnc(-c3cccc([N+](=O)[O-])c3)o2)c(Cl)c1. The van der Waals surface area contributed by atoms with E-state index in [1.165, 1.54) is 18.2 Å². The lowest BCUT2D eigenvalue weighted by Crippen LogP contribution is -2.14. The first-order valence-corrected chi connectivity index (χ1v) is 9.06. The molecule has 138 valence electrons. The Morgan fingerprint density at radius 1 is 1.30 bits per heavy atom. The van der Waals surface area contributed by atoms with Crippen LogP contribution in [-0.2, 0) is 4.79 Å². The number of benzene rings is 2. The van der Waals surface area contributed by atoms with Gasteiger partial charge < -0.3 is 9.73 Å². The Bertz CT molecular complexity index is 1010. The lowest BCUT2D eigenvalue weighted by atomic mass is 10.2. The first-order chi connectivity index (χ1) is 12.9. The summed E-state index contributed by atoms with van der Waals surface area (Å²) in [6.45, 7) is 1.90. The van der Waals surface area contributed by atoms with Gasteiger partial charge in [-0.25, -0.2) is 0 Å². The Balaban J connectivity index is 1.62. The fourth-order valence-corrected chi connectivity index (χ4v) is 3.02. The highest BCUT2D eigenvalue weighted by atomic mass is 35.5. The van der Waals surface area contributed by atoms with Crippen LogP contribution < -0.4 is 5.32 Å². The fraction of sp³-hybridized carbons (Fsp3) is 0.118. The maximum atomic E-state index is 12.1. The van der Waals surface area contributed by atoms with Crippen molar-refractivity contribution in [2.24, 2.45) is 0 Å². The number of hydrogen-bond donors (Lipinski definition) is 1. The molecule has 0 fully saturated rings. The number of carbonyl (C=O) groups is 1. The molecule has 0 aliphatic carbocycles. The summed E-state index contributed by atoms with van der Waals surface area (Å²) in [5.74, 6) is -0.0927. The van der Waals surface area contributed by atoms with Crippen LogP contribution in [0.5, 0.6) is 0 Å². The third-order valence-corrected chi connectivity index (χ3v) is 4.57. The molecule has 0 unspecified atom stereocenters. The van der Waals surface area contributed by atoms with Gasteiger partial charge in [0.05, 0.1) is 21.4 Å². The molecule has 0 saturated carbocycles. The van der Waals surface area contributed by atoms with Crippen molar-refractivity contribution < 1.29 is 14.1 Å². The minimum atomic E-state index is -0.504. The number of anilines is 1. The first-order valence-electron chi connectivity index (χ1n) is 7.69. The number of carbonyl (C=O) groups excluding carboxylic acids is 1. The van der Waals surface area contributed by atoms with E-state index in [9.17, 15) is 14.9 Å². The molecule has 27 heavy (non-hydrogen) atoms. The van der Waals surface area contributed by atoms with Crippen LogP contribution in [0.3, 0.4) is 0 Å². The highest BCUT2D eigenvalue weighted by Crippen LogP contribution is 2.27. The topological polar surface area (TPSA) is 111 Å². The zero-order chi connectivity index (χ0) is 19.4. The van der Waals surface area contributed by atoms with Gasteiger partial charge in [-0.3, -0.25) is 14.9 Å². The second-order valence-electron chi connectivity index (χ2n) is 5.50. The van der Waals surface area contributed by atoms with E-state index in [1.54, 1.807) is 18.2 Å². The molecule has 3 aromatic rings. The largest absolute Gasteiger partial charge is 0.411 e. The number of aromatic nitrogens is 2. The van der Waals surface area contributed by atoms with Gasteiger partial charge in [0, 0.05) is 17.7 Å². The molecule has 0 aliphatic rings. The van der Waals surface area contributed by atoms with Crippen molar-refractivity contribution in [1.29, 1.82) is 0 Å². The number of rotatable bonds is 6. The Hall–Kier alpha value is -2.91. The van der Waals surface area contributed by atoms with Crippen molar-refractivity contribution >= 4 is 40.6 Å². The van der Waals surface area contributed by atoms with E-state index in [0.717, 1.165) is 17.3 Å².